The average Bonchev–Trinajstić information content (AvgIpc) is 2.78. The molecule has 0 atom stereocenters. The SMILES string of the molecule is O=C(Nc1ccccc1CCc1ccc(Cl)c(Cl)c1)C1=C(O)c2ccccc2S(=O)(=O)C1. The van der Waals surface area contributed by atoms with Crippen LogP contribution >= 0.6 is 23.2 Å². The standard InChI is InChI=1S/C24H19Cl2NO4S/c25-19-12-10-15(13-20(19)26)9-11-16-5-1-3-7-21(16)27-24(29)18-14-32(30,31)22-8-4-2-6-17(22)23(18)28/h1-8,10,12-13,28H,9,11,14H2,(H,27,29). The molecule has 0 fully saturated rings. The summed E-state index contributed by atoms with van der Waals surface area (Å²) in [4.78, 5) is 13.0. The third kappa shape index (κ3) is 4.53. The first-order valence-corrected chi connectivity index (χ1v) is 12.2. The van der Waals surface area contributed by atoms with E-state index in [9.17, 15) is 18.3 Å². The molecule has 0 unspecified atom stereocenters. The number of carbonyl (C=O) groups excluding carboxylic acids is 1. The number of nitrogens with one attached hydrogen (secondary N) is 1. The zero-order valence-corrected chi connectivity index (χ0v) is 19.1. The molecule has 4 rings (SSSR count). The Labute approximate surface area is 196 Å². The number of aliphatic hydroxyl groups excluding tert-OH is 1. The number of aryl methyl sites for hydroxylation is 2. The normalized spacial score (nSPS) is 14.7. The van der Waals surface area contributed by atoms with Gasteiger partial charge < -0.3 is 10.4 Å². The summed E-state index contributed by atoms with van der Waals surface area (Å²) in [6, 6.07) is 18.8. The number of hydrogen-bond donors (Lipinski definition) is 2. The fourth-order valence-corrected chi connectivity index (χ4v) is 5.55. The van der Waals surface area contributed by atoms with Gasteiger partial charge in [0.2, 0.25) is 0 Å². The van der Waals surface area contributed by atoms with Gasteiger partial charge in [0.25, 0.3) is 5.91 Å². The van der Waals surface area contributed by atoms with Crippen molar-refractivity contribution in [3.05, 3.63) is 99.0 Å². The van der Waals surface area contributed by atoms with Gasteiger partial charge in [0.1, 0.15) is 5.76 Å². The fourth-order valence-electron chi connectivity index (χ4n) is 3.64. The Morgan fingerprint density at radius 1 is 0.938 bits per heavy atom. The predicted octanol–water partition coefficient (Wildman–Crippen LogP) is 5.47. The number of rotatable bonds is 5. The van der Waals surface area contributed by atoms with E-state index < -0.39 is 21.5 Å². The highest BCUT2D eigenvalue weighted by molar-refractivity contribution is 7.91. The number of sulfone groups is 1. The van der Waals surface area contributed by atoms with Crippen LogP contribution in [-0.4, -0.2) is 25.2 Å². The number of aliphatic hydroxyl groups is 1. The maximum atomic E-state index is 13.0. The molecule has 0 radical (unpaired) electrons. The number of para-hydroxylation sites is 1. The van der Waals surface area contributed by atoms with Crippen molar-refractivity contribution >= 4 is 50.4 Å². The summed E-state index contributed by atoms with van der Waals surface area (Å²) in [5.41, 5.74) is 2.37. The Morgan fingerprint density at radius 2 is 1.66 bits per heavy atom. The molecule has 0 saturated heterocycles. The van der Waals surface area contributed by atoms with Gasteiger partial charge in [-0.25, -0.2) is 8.42 Å². The number of halogens is 2. The van der Waals surface area contributed by atoms with Crippen LogP contribution in [0.25, 0.3) is 5.76 Å². The molecule has 0 spiro atoms. The molecule has 1 heterocycles. The predicted molar refractivity (Wildman–Crippen MR) is 127 cm³/mol. The highest BCUT2D eigenvalue weighted by atomic mass is 35.5. The molecule has 2 N–H and O–H groups in total. The topological polar surface area (TPSA) is 83.5 Å². The third-order valence-corrected chi connectivity index (χ3v) is 7.74. The number of fused-ring (bicyclic) bond motifs is 1. The van der Waals surface area contributed by atoms with Gasteiger partial charge in [0.05, 0.1) is 26.3 Å². The van der Waals surface area contributed by atoms with Gasteiger partial charge in [-0.3, -0.25) is 4.79 Å². The number of carbonyl (C=O) groups is 1. The molecule has 32 heavy (non-hydrogen) atoms. The largest absolute Gasteiger partial charge is 0.507 e. The molecule has 0 saturated carbocycles. The number of amides is 1. The second kappa shape index (κ2) is 8.98. The van der Waals surface area contributed by atoms with Crippen molar-refractivity contribution in [2.75, 3.05) is 11.1 Å². The lowest BCUT2D eigenvalue weighted by Crippen LogP contribution is -2.26. The first-order chi connectivity index (χ1) is 15.3. The quantitative estimate of drug-likeness (QED) is 0.499. The van der Waals surface area contributed by atoms with E-state index in [4.69, 9.17) is 23.2 Å². The van der Waals surface area contributed by atoms with Crippen LogP contribution < -0.4 is 5.32 Å². The maximum Gasteiger partial charge on any atom is 0.256 e. The maximum absolute atomic E-state index is 13.0. The second-order valence-electron chi connectivity index (χ2n) is 7.44. The van der Waals surface area contributed by atoms with Gasteiger partial charge >= 0.3 is 0 Å². The number of anilines is 1. The van der Waals surface area contributed by atoms with Crippen LogP contribution in [0.15, 0.2) is 77.2 Å². The molecule has 5 nitrogen and oxygen atoms in total. The third-order valence-electron chi connectivity index (χ3n) is 5.30. The number of hydrogen-bond acceptors (Lipinski definition) is 4. The van der Waals surface area contributed by atoms with Crippen molar-refractivity contribution in [2.45, 2.75) is 17.7 Å². The molecule has 0 bridgehead atoms. The van der Waals surface area contributed by atoms with Gasteiger partial charge in [-0.2, -0.15) is 0 Å². The summed E-state index contributed by atoms with van der Waals surface area (Å²) in [7, 11) is -3.73. The van der Waals surface area contributed by atoms with E-state index in [2.05, 4.69) is 5.32 Å². The van der Waals surface area contributed by atoms with Crippen LogP contribution in [0, 0.1) is 0 Å². The number of benzene rings is 3. The molecular weight excluding hydrogens is 469 g/mol. The van der Waals surface area contributed by atoms with Gasteiger partial charge in [0, 0.05) is 11.3 Å². The smallest absolute Gasteiger partial charge is 0.256 e. The van der Waals surface area contributed by atoms with E-state index in [0.717, 1.165) is 11.1 Å². The van der Waals surface area contributed by atoms with E-state index in [-0.39, 0.29) is 21.8 Å². The van der Waals surface area contributed by atoms with E-state index in [1.165, 1.54) is 12.1 Å². The highest BCUT2D eigenvalue weighted by Gasteiger charge is 2.33. The van der Waals surface area contributed by atoms with Crippen LogP contribution in [0.4, 0.5) is 5.69 Å². The molecule has 0 aliphatic carbocycles. The van der Waals surface area contributed by atoms with Crippen molar-refractivity contribution in [2.24, 2.45) is 0 Å². The molecule has 3 aromatic carbocycles. The molecule has 8 heteroatoms. The van der Waals surface area contributed by atoms with Crippen molar-refractivity contribution in [1.29, 1.82) is 0 Å². The van der Waals surface area contributed by atoms with E-state index in [1.807, 2.05) is 18.2 Å². The van der Waals surface area contributed by atoms with Crippen LogP contribution in [0.1, 0.15) is 16.7 Å². The van der Waals surface area contributed by atoms with Crippen molar-refractivity contribution in [1.82, 2.24) is 0 Å². The van der Waals surface area contributed by atoms with Gasteiger partial charge in [0.15, 0.2) is 9.84 Å². The van der Waals surface area contributed by atoms with Crippen molar-refractivity contribution < 1.29 is 18.3 Å². The first-order valence-electron chi connectivity index (χ1n) is 9.84. The molecule has 0 aromatic heterocycles. The second-order valence-corrected chi connectivity index (χ2v) is 10.2. The lowest BCUT2D eigenvalue weighted by Gasteiger charge is -2.20. The summed E-state index contributed by atoms with van der Waals surface area (Å²) in [5.74, 6) is -1.53. The Hall–Kier alpha value is -2.80. The van der Waals surface area contributed by atoms with Crippen LogP contribution in [-0.2, 0) is 27.5 Å². The van der Waals surface area contributed by atoms with Crippen molar-refractivity contribution in [3.63, 3.8) is 0 Å². The summed E-state index contributed by atoms with van der Waals surface area (Å²) in [6.07, 6.45) is 1.28. The minimum Gasteiger partial charge on any atom is -0.507 e. The van der Waals surface area contributed by atoms with Gasteiger partial charge in [-0.1, -0.05) is 59.6 Å². The zero-order chi connectivity index (χ0) is 22.9. The first kappa shape index (κ1) is 22.4. The summed E-state index contributed by atoms with van der Waals surface area (Å²) >= 11 is 12.1. The Morgan fingerprint density at radius 3 is 2.44 bits per heavy atom. The minimum atomic E-state index is -3.73. The lowest BCUT2D eigenvalue weighted by molar-refractivity contribution is -0.112. The zero-order valence-electron chi connectivity index (χ0n) is 16.8. The van der Waals surface area contributed by atoms with Crippen LogP contribution in [0.3, 0.4) is 0 Å². The summed E-state index contributed by atoms with van der Waals surface area (Å²) in [5, 5.41) is 14.3. The average molecular weight is 488 g/mol. The van der Waals surface area contributed by atoms with Gasteiger partial charge in [-0.05, 0) is 54.3 Å². The van der Waals surface area contributed by atoms with Crippen LogP contribution in [0.5, 0.6) is 0 Å². The fraction of sp³-hybridized carbons (Fsp3) is 0.125. The monoisotopic (exact) mass is 487 g/mol. The summed E-state index contributed by atoms with van der Waals surface area (Å²) < 4.78 is 25.2. The highest BCUT2D eigenvalue weighted by Crippen LogP contribution is 2.32. The van der Waals surface area contributed by atoms with E-state index in [1.54, 1.807) is 36.4 Å². The van der Waals surface area contributed by atoms with Gasteiger partial charge in [-0.15, -0.1) is 0 Å². The summed E-state index contributed by atoms with van der Waals surface area (Å²) in [6.45, 7) is 0. The Balaban J connectivity index is 1.57. The molecule has 164 valence electrons. The Bertz CT molecular complexity index is 1350. The molecular formula is C24H19Cl2NO4S. The molecule has 1 aliphatic rings. The van der Waals surface area contributed by atoms with E-state index >= 15 is 0 Å². The molecule has 1 amide bonds. The molecule has 3 aromatic rings. The van der Waals surface area contributed by atoms with Crippen LogP contribution in [0.2, 0.25) is 10.0 Å². The van der Waals surface area contributed by atoms with E-state index in [0.29, 0.717) is 28.6 Å². The minimum absolute atomic E-state index is 0.0241. The Kier molecular flexibility index (Phi) is 6.29. The van der Waals surface area contributed by atoms with Crippen molar-refractivity contribution in [3.8, 4) is 0 Å². The lowest BCUT2D eigenvalue weighted by atomic mass is 10.0. The molecule has 1 aliphatic heterocycles.